The molecule has 1 rings (SSSR count). The van der Waals surface area contributed by atoms with Gasteiger partial charge in [0.15, 0.2) is 0 Å². The van der Waals surface area contributed by atoms with Crippen LogP contribution in [0.25, 0.3) is 6.08 Å². The largest absolute Gasteiger partial charge is 0.481 e. The summed E-state index contributed by atoms with van der Waals surface area (Å²) in [5, 5.41) is 0. The van der Waals surface area contributed by atoms with Crippen LogP contribution in [0.5, 0.6) is 5.88 Å². The van der Waals surface area contributed by atoms with Crippen molar-refractivity contribution in [1.82, 2.24) is 4.98 Å². The minimum atomic E-state index is 0.647. The van der Waals surface area contributed by atoms with Gasteiger partial charge in [0.25, 0.3) is 0 Å². The van der Waals surface area contributed by atoms with E-state index in [4.69, 9.17) is 4.74 Å². The summed E-state index contributed by atoms with van der Waals surface area (Å²) in [6, 6.07) is 1.91. The maximum Gasteiger partial charge on any atom is 0.213 e. The van der Waals surface area contributed by atoms with Crippen molar-refractivity contribution in [2.45, 2.75) is 6.92 Å². The lowest BCUT2D eigenvalue weighted by Gasteiger charge is -2.02. The van der Waals surface area contributed by atoms with E-state index < -0.39 is 0 Å². The van der Waals surface area contributed by atoms with E-state index in [-0.39, 0.29) is 0 Å². The van der Waals surface area contributed by atoms with Gasteiger partial charge in [-0.25, -0.2) is 4.98 Å². The van der Waals surface area contributed by atoms with Crippen LogP contribution >= 0.6 is 0 Å². The number of methoxy groups -OCH3 is 1. The van der Waals surface area contributed by atoms with E-state index in [1.807, 2.05) is 25.1 Å². The van der Waals surface area contributed by atoms with Gasteiger partial charge in [0.05, 0.1) is 7.11 Å². The molecule has 0 aliphatic heterocycles. The smallest absolute Gasteiger partial charge is 0.213 e. The summed E-state index contributed by atoms with van der Waals surface area (Å²) in [6.45, 7) is 5.63. The van der Waals surface area contributed by atoms with Crippen LogP contribution in [-0.2, 0) is 0 Å². The number of rotatable bonds is 3. The molecule has 0 spiro atoms. The quantitative estimate of drug-likeness (QED) is 0.659. The lowest BCUT2D eigenvalue weighted by atomic mass is 10.1. The zero-order valence-electron chi connectivity index (χ0n) is 7.95. The SMILES string of the molecule is C=C/C=C/c1cnc(OC)cc1C. The summed E-state index contributed by atoms with van der Waals surface area (Å²) in [6.07, 6.45) is 7.38. The van der Waals surface area contributed by atoms with E-state index in [1.54, 1.807) is 19.4 Å². The summed E-state index contributed by atoms with van der Waals surface area (Å²) in [7, 11) is 1.61. The van der Waals surface area contributed by atoms with E-state index in [0.717, 1.165) is 11.1 Å². The van der Waals surface area contributed by atoms with Gasteiger partial charge in [-0.3, -0.25) is 0 Å². The second kappa shape index (κ2) is 4.45. The number of nitrogens with zero attached hydrogens (tertiary/aromatic N) is 1. The van der Waals surface area contributed by atoms with Gasteiger partial charge >= 0.3 is 0 Å². The second-order valence-corrected chi connectivity index (χ2v) is 2.68. The zero-order valence-corrected chi connectivity index (χ0v) is 7.95. The topological polar surface area (TPSA) is 22.1 Å². The molecule has 0 atom stereocenters. The Morgan fingerprint density at radius 3 is 2.85 bits per heavy atom. The third kappa shape index (κ3) is 2.44. The molecule has 0 saturated heterocycles. The molecule has 1 aromatic heterocycles. The third-order valence-corrected chi connectivity index (χ3v) is 1.75. The van der Waals surface area contributed by atoms with E-state index in [1.165, 1.54) is 0 Å². The lowest BCUT2D eigenvalue weighted by Crippen LogP contribution is -1.89. The predicted molar refractivity (Wildman–Crippen MR) is 54.8 cm³/mol. The summed E-state index contributed by atoms with van der Waals surface area (Å²) in [4.78, 5) is 4.10. The van der Waals surface area contributed by atoms with Gasteiger partial charge in [0, 0.05) is 12.3 Å². The maximum atomic E-state index is 5.00. The summed E-state index contributed by atoms with van der Waals surface area (Å²) >= 11 is 0. The first-order chi connectivity index (χ1) is 6.27. The molecule has 1 aromatic rings. The molecule has 0 aromatic carbocycles. The highest BCUT2D eigenvalue weighted by Gasteiger charge is 1.97. The monoisotopic (exact) mass is 175 g/mol. The predicted octanol–water partition coefficient (Wildman–Crippen LogP) is 2.60. The van der Waals surface area contributed by atoms with Crippen molar-refractivity contribution in [2.75, 3.05) is 7.11 Å². The van der Waals surface area contributed by atoms with Gasteiger partial charge in [0.1, 0.15) is 0 Å². The molecule has 0 unspecified atom stereocenters. The van der Waals surface area contributed by atoms with E-state index in [0.29, 0.717) is 5.88 Å². The average Bonchev–Trinajstić information content (AvgIpc) is 2.16. The van der Waals surface area contributed by atoms with Crippen molar-refractivity contribution in [3.8, 4) is 5.88 Å². The van der Waals surface area contributed by atoms with Gasteiger partial charge in [-0.05, 0) is 18.1 Å². The summed E-state index contributed by atoms with van der Waals surface area (Å²) in [5.41, 5.74) is 2.23. The van der Waals surface area contributed by atoms with Gasteiger partial charge in [-0.15, -0.1) is 0 Å². The van der Waals surface area contributed by atoms with E-state index >= 15 is 0 Å². The van der Waals surface area contributed by atoms with Gasteiger partial charge < -0.3 is 4.74 Å². The number of hydrogen-bond donors (Lipinski definition) is 0. The second-order valence-electron chi connectivity index (χ2n) is 2.68. The van der Waals surface area contributed by atoms with Crippen molar-refractivity contribution < 1.29 is 4.74 Å². The molecule has 0 aliphatic rings. The standard InChI is InChI=1S/C11H13NO/c1-4-5-6-10-8-12-11(13-3)7-9(10)2/h4-8H,1H2,2-3H3/b6-5+. The first-order valence-corrected chi connectivity index (χ1v) is 4.07. The lowest BCUT2D eigenvalue weighted by molar-refractivity contribution is 0.397. The minimum Gasteiger partial charge on any atom is -0.481 e. The van der Waals surface area contributed by atoms with Crippen LogP contribution in [0.4, 0.5) is 0 Å². The van der Waals surface area contributed by atoms with Crippen molar-refractivity contribution in [3.05, 3.63) is 42.1 Å². The fraction of sp³-hybridized carbons (Fsp3) is 0.182. The Balaban J connectivity index is 2.98. The molecule has 0 N–H and O–H groups in total. The molecule has 0 radical (unpaired) electrons. The highest BCUT2D eigenvalue weighted by atomic mass is 16.5. The van der Waals surface area contributed by atoms with Gasteiger partial charge in [-0.1, -0.05) is 24.8 Å². The first kappa shape index (κ1) is 9.52. The number of allylic oxidation sites excluding steroid dienone is 2. The number of ether oxygens (including phenoxy) is 1. The Hall–Kier alpha value is -1.57. The van der Waals surface area contributed by atoms with E-state index in [9.17, 15) is 0 Å². The molecule has 0 saturated carbocycles. The Labute approximate surface area is 78.6 Å². The molecule has 2 nitrogen and oxygen atoms in total. The van der Waals surface area contributed by atoms with Crippen LogP contribution in [-0.4, -0.2) is 12.1 Å². The van der Waals surface area contributed by atoms with Crippen LogP contribution in [0.1, 0.15) is 11.1 Å². The molecule has 2 heteroatoms. The molecular formula is C11H13NO. The number of hydrogen-bond acceptors (Lipinski definition) is 2. The van der Waals surface area contributed by atoms with Crippen LogP contribution in [0.2, 0.25) is 0 Å². The Bertz CT molecular complexity index is 329. The van der Waals surface area contributed by atoms with Crippen LogP contribution in [0.3, 0.4) is 0 Å². The third-order valence-electron chi connectivity index (χ3n) is 1.75. The van der Waals surface area contributed by atoms with Crippen molar-refractivity contribution >= 4 is 6.08 Å². The fourth-order valence-electron chi connectivity index (χ4n) is 0.999. The number of aryl methyl sites for hydroxylation is 1. The van der Waals surface area contributed by atoms with Crippen LogP contribution in [0.15, 0.2) is 31.0 Å². The Morgan fingerprint density at radius 1 is 1.54 bits per heavy atom. The number of pyridine rings is 1. The van der Waals surface area contributed by atoms with Crippen LogP contribution < -0.4 is 4.74 Å². The minimum absolute atomic E-state index is 0.647. The summed E-state index contributed by atoms with van der Waals surface area (Å²) in [5.74, 6) is 0.647. The van der Waals surface area contributed by atoms with E-state index in [2.05, 4.69) is 11.6 Å². The Kier molecular flexibility index (Phi) is 3.26. The molecule has 0 fully saturated rings. The number of aromatic nitrogens is 1. The van der Waals surface area contributed by atoms with Crippen LogP contribution in [0, 0.1) is 6.92 Å². The molecule has 0 amide bonds. The molecule has 0 bridgehead atoms. The summed E-state index contributed by atoms with van der Waals surface area (Å²) < 4.78 is 5.00. The van der Waals surface area contributed by atoms with Crippen molar-refractivity contribution in [1.29, 1.82) is 0 Å². The molecule has 1 heterocycles. The fourth-order valence-corrected chi connectivity index (χ4v) is 0.999. The van der Waals surface area contributed by atoms with Gasteiger partial charge in [0.2, 0.25) is 5.88 Å². The highest BCUT2D eigenvalue weighted by Crippen LogP contribution is 2.14. The molecular weight excluding hydrogens is 162 g/mol. The maximum absolute atomic E-state index is 5.00. The normalized spacial score (nSPS) is 10.3. The Morgan fingerprint density at radius 2 is 2.31 bits per heavy atom. The van der Waals surface area contributed by atoms with Crippen molar-refractivity contribution in [2.24, 2.45) is 0 Å². The molecule has 68 valence electrons. The highest BCUT2D eigenvalue weighted by molar-refractivity contribution is 5.54. The average molecular weight is 175 g/mol. The van der Waals surface area contributed by atoms with Gasteiger partial charge in [-0.2, -0.15) is 0 Å². The first-order valence-electron chi connectivity index (χ1n) is 4.07. The molecule has 13 heavy (non-hydrogen) atoms. The zero-order chi connectivity index (χ0) is 9.68. The molecule has 0 aliphatic carbocycles. The van der Waals surface area contributed by atoms with Crippen molar-refractivity contribution in [3.63, 3.8) is 0 Å².